The zero-order valence-corrected chi connectivity index (χ0v) is 10.1. The lowest BCUT2D eigenvalue weighted by atomic mass is 10.2. The summed E-state index contributed by atoms with van der Waals surface area (Å²) in [4.78, 5) is 0. The summed E-state index contributed by atoms with van der Waals surface area (Å²) in [5.41, 5.74) is 2.00. The molecule has 0 aromatic heterocycles. The Bertz CT molecular complexity index is 503. The summed E-state index contributed by atoms with van der Waals surface area (Å²) in [5.74, 6) is 0. The molecule has 0 saturated heterocycles. The Morgan fingerprint density at radius 2 is 1.47 bits per heavy atom. The molecule has 0 amide bonds. The molecule has 84 valence electrons. The molecule has 0 saturated carbocycles. The normalized spacial score (nSPS) is 10.4. The Balaban J connectivity index is 1.95. The number of ether oxygens (including phenoxy) is 1. The molecule has 2 heteroatoms. The predicted molar refractivity (Wildman–Crippen MR) is 74.7 cm³/mol. The van der Waals surface area contributed by atoms with Crippen LogP contribution in [0.15, 0.2) is 66.9 Å². The topological polar surface area (TPSA) is 9.23 Å². The highest BCUT2D eigenvalue weighted by molar-refractivity contribution is 7.80. The molecular weight excluding hydrogens is 228 g/mol. The summed E-state index contributed by atoms with van der Waals surface area (Å²) < 4.78 is 5.38. The average Bonchev–Trinajstić information content (AvgIpc) is 2.41. The number of rotatable bonds is 3. The van der Waals surface area contributed by atoms with E-state index in [1.54, 1.807) is 6.26 Å². The second kappa shape index (κ2) is 5.97. The fraction of sp³-hybridized carbons (Fsp3) is 0. The van der Waals surface area contributed by atoms with Crippen molar-refractivity contribution in [3.63, 3.8) is 0 Å². The van der Waals surface area contributed by atoms with Gasteiger partial charge in [-0.25, -0.2) is 0 Å². The van der Waals surface area contributed by atoms with E-state index in [1.807, 2.05) is 66.7 Å². The number of hydrogen-bond acceptors (Lipinski definition) is 2. The molecule has 0 bridgehead atoms. The molecule has 0 aliphatic carbocycles. The molecule has 1 nitrogen and oxygen atoms in total. The van der Waals surface area contributed by atoms with E-state index in [4.69, 9.17) is 17.0 Å². The van der Waals surface area contributed by atoms with Crippen molar-refractivity contribution in [3.05, 3.63) is 78.1 Å². The fourth-order valence-corrected chi connectivity index (χ4v) is 1.57. The Kier molecular flexibility index (Phi) is 4.05. The van der Waals surface area contributed by atoms with E-state index in [2.05, 4.69) is 0 Å². The second-order valence-corrected chi connectivity index (χ2v) is 3.86. The van der Waals surface area contributed by atoms with Crippen molar-refractivity contribution in [1.29, 1.82) is 0 Å². The van der Waals surface area contributed by atoms with E-state index >= 15 is 0 Å². The molecule has 0 aliphatic heterocycles. The molecule has 0 aliphatic rings. The van der Waals surface area contributed by atoms with Crippen molar-refractivity contribution >= 4 is 23.3 Å². The molecule has 0 fully saturated rings. The van der Waals surface area contributed by atoms with Crippen molar-refractivity contribution in [1.82, 2.24) is 0 Å². The molecule has 0 N–H and O–H groups in total. The molecular formula is C15H12OS. The van der Waals surface area contributed by atoms with Crippen LogP contribution in [-0.4, -0.2) is 5.05 Å². The number of hydrogen-bond donors (Lipinski definition) is 0. The van der Waals surface area contributed by atoms with Gasteiger partial charge in [-0.3, -0.25) is 0 Å². The lowest BCUT2D eigenvalue weighted by Crippen LogP contribution is -1.97. The third kappa shape index (κ3) is 3.54. The van der Waals surface area contributed by atoms with Crippen LogP contribution in [0, 0.1) is 0 Å². The van der Waals surface area contributed by atoms with Crippen molar-refractivity contribution in [3.8, 4) is 0 Å². The monoisotopic (exact) mass is 240 g/mol. The first-order valence-corrected chi connectivity index (χ1v) is 5.75. The fourth-order valence-electron chi connectivity index (χ4n) is 1.38. The van der Waals surface area contributed by atoms with Gasteiger partial charge < -0.3 is 4.74 Å². The van der Waals surface area contributed by atoms with E-state index in [-0.39, 0.29) is 0 Å². The SMILES string of the molecule is S=C(OC=Cc1ccccc1)c1ccccc1. The van der Waals surface area contributed by atoms with Gasteiger partial charge in [0, 0.05) is 5.56 Å². The van der Waals surface area contributed by atoms with Crippen LogP contribution in [0.2, 0.25) is 0 Å². The van der Waals surface area contributed by atoms with Gasteiger partial charge in [-0.2, -0.15) is 0 Å². The van der Waals surface area contributed by atoms with Gasteiger partial charge in [0.1, 0.15) is 0 Å². The molecule has 2 aromatic rings. The maximum absolute atomic E-state index is 5.38. The van der Waals surface area contributed by atoms with E-state index in [9.17, 15) is 0 Å². The van der Waals surface area contributed by atoms with Gasteiger partial charge >= 0.3 is 0 Å². The quantitative estimate of drug-likeness (QED) is 0.591. The first-order valence-electron chi connectivity index (χ1n) is 5.34. The van der Waals surface area contributed by atoms with Gasteiger partial charge in [-0.1, -0.05) is 60.7 Å². The summed E-state index contributed by atoms with van der Waals surface area (Å²) in [6, 6.07) is 19.6. The largest absolute Gasteiger partial charge is 0.453 e. The Labute approximate surface area is 106 Å². The van der Waals surface area contributed by atoms with E-state index in [1.165, 1.54) is 0 Å². The molecule has 0 atom stereocenters. The standard InChI is InChI=1S/C15H12OS/c17-15(14-9-5-2-6-10-14)16-12-11-13-7-3-1-4-8-13/h1-12H. The van der Waals surface area contributed by atoms with Gasteiger partial charge in [0.15, 0.2) is 5.05 Å². The van der Waals surface area contributed by atoms with Crippen molar-refractivity contribution < 1.29 is 4.74 Å². The molecule has 0 radical (unpaired) electrons. The molecule has 2 rings (SSSR count). The third-order valence-electron chi connectivity index (χ3n) is 2.24. The van der Waals surface area contributed by atoms with Crippen LogP contribution in [0.25, 0.3) is 6.08 Å². The second-order valence-electron chi connectivity index (χ2n) is 3.48. The van der Waals surface area contributed by atoms with Crippen LogP contribution >= 0.6 is 12.2 Å². The van der Waals surface area contributed by atoms with Gasteiger partial charge in [-0.05, 0) is 23.9 Å². The van der Waals surface area contributed by atoms with Gasteiger partial charge in [0.2, 0.25) is 0 Å². The maximum Gasteiger partial charge on any atom is 0.197 e. The minimum Gasteiger partial charge on any atom is -0.453 e. The lowest BCUT2D eigenvalue weighted by molar-refractivity contribution is 0.491. The zero-order valence-electron chi connectivity index (χ0n) is 9.24. The lowest BCUT2D eigenvalue weighted by Gasteiger charge is -2.01. The first kappa shape index (κ1) is 11.6. The van der Waals surface area contributed by atoms with Crippen LogP contribution < -0.4 is 0 Å². The van der Waals surface area contributed by atoms with Crippen LogP contribution in [0.3, 0.4) is 0 Å². The van der Waals surface area contributed by atoms with Crippen molar-refractivity contribution in [2.45, 2.75) is 0 Å². The third-order valence-corrected chi connectivity index (χ3v) is 2.58. The first-order chi connectivity index (χ1) is 8.36. The van der Waals surface area contributed by atoms with Gasteiger partial charge in [-0.15, -0.1) is 0 Å². The van der Waals surface area contributed by atoms with Crippen LogP contribution in [0.5, 0.6) is 0 Å². The highest BCUT2D eigenvalue weighted by atomic mass is 32.1. The van der Waals surface area contributed by atoms with Crippen molar-refractivity contribution in [2.24, 2.45) is 0 Å². The number of benzene rings is 2. The minimum atomic E-state index is 0.484. The average molecular weight is 240 g/mol. The predicted octanol–water partition coefficient (Wildman–Crippen LogP) is 4.05. The molecule has 2 aromatic carbocycles. The zero-order chi connectivity index (χ0) is 11.9. The van der Waals surface area contributed by atoms with Crippen LogP contribution in [0.4, 0.5) is 0 Å². The smallest absolute Gasteiger partial charge is 0.197 e. The molecule has 17 heavy (non-hydrogen) atoms. The van der Waals surface area contributed by atoms with Crippen molar-refractivity contribution in [2.75, 3.05) is 0 Å². The van der Waals surface area contributed by atoms with E-state index < -0.39 is 0 Å². The summed E-state index contributed by atoms with van der Waals surface area (Å²) in [5, 5.41) is 0.484. The summed E-state index contributed by atoms with van der Waals surface area (Å²) in [7, 11) is 0. The van der Waals surface area contributed by atoms with Gasteiger partial charge in [0.05, 0.1) is 6.26 Å². The Morgan fingerprint density at radius 3 is 2.12 bits per heavy atom. The summed E-state index contributed by atoms with van der Waals surface area (Å²) >= 11 is 5.16. The maximum atomic E-state index is 5.38. The van der Waals surface area contributed by atoms with Crippen LogP contribution in [-0.2, 0) is 4.74 Å². The summed E-state index contributed by atoms with van der Waals surface area (Å²) in [6.45, 7) is 0. The minimum absolute atomic E-state index is 0.484. The van der Waals surface area contributed by atoms with E-state index in [0.717, 1.165) is 11.1 Å². The van der Waals surface area contributed by atoms with Gasteiger partial charge in [0.25, 0.3) is 0 Å². The Hall–Kier alpha value is -1.93. The Morgan fingerprint density at radius 1 is 0.882 bits per heavy atom. The molecule has 0 unspecified atom stereocenters. The van der Waals surface area contributed by atoms with Crippen LogP contribution in [0.1, 0.15) is 11.1 Å². The number of thiocarbonyl (C=S) groups is 1. The molecule has 0 spiro atoms. The molecule has 0 heterocycles. The summed E-state index contributed by atoms with van der Waals surface area (Å²) in [6.07, 6.45) is 3.50. The highest BCUT2D eigenvalue weighted by Crippen LogP contribution is 2.05. The van der Waals surface area contributed by atoms with E-state index in [0.29, 0.717) is 5.05 Å². The highest BCUT2D eigenvalue weighted by Gasteiger charge is 1.97.